The minimum atomic E-state index is -4.88. The maximum Gasteiger partial charge on any atom is 0.435 e. The van der Waals surface area contributed by atoms with E-state index in [1.54, 1.807) is 6.08 Å². The van der Waals surface area contributed by atoms with Crippen molar-refractivity contribution < 1.29 is 27.1 Å². The monoisotopic (exact) mass is 499 g/mol. The average Bonchev–Trinajstić information content (AvgIpc) is 2.84. The number of aromatic nitrogens is 1. The van der Waals surface area contributed by atoms with E-state index in [0.717, 1.165) is 0 Å². The molecule has 1 fully saturated rings. The Kier molecular flexibility index (Phi) is 5.83. The first-order valence-electron chi connectivity index (χ1n) is 7.33. The molecule has 26 heavy (non-hydrogen) atoms. The lowest BCUT2D eigenvalue weighted by molar-refractivity contribution is -0.152. The van der Waals surface area contributed by atoms with Gasteiger partial charge in [0.25, 0.3) is 0 Å². The molecular formula is C16H14Br2F3NO4. The summed E-state index contributed by atoms with van der Waals surface area (Å²) in [5, 5.41) is 0. The highest BCUT2D eigenvalue weighted by atomic mass is 79.9. The van der Waals surface area contributed by atoms with E-state index in [4.69, 9.17) is 11.2 Å². The summed E-state index contributed by atoms with van der Waals surface area (Å²) < 4.78 is 50.2. The second-order valence-electron chi connectivity index (χ2n) is 6.32. The van der Waals surface area contributed by atoms with Crippen molar-refractivity contribution in [3.63, 3.8) is 0 Å². The van der Waals surface area contributed by atoms with E-state index >= 15 is 0 Å². The summed E-state index contributed by atoms with van der Waals surface area (Å²) in [5.74, 6) is -1.39. The van der Waals surface area contributed by atoms with Gasteiger partial charge in [-0.05, 0) is 43.2 Å². The van der Waals surface area contributed by atoms with Crippen LogP contribution in [-0.2, 0) is 28.9 Å². The first kappa shape index (κ1) is 20.8. The van der Waals surface area contributed by atoms with Gasteiger partial charge in [0.15, 0.2) is 18.1 Å². The quantitative estimate of drug-likeness (QED) is 0.452. The average molecular weight is 501 g/mol. The predicted octanol–water partition coefficient (Wildman–Crippen LogP) is 4.04. The number of ether oxygens (including phenoxy) is 1. The van der Waals surface area contributed by atoms with Crippen LogP contribution < -0.4 is 5.76 Å². The highest BCUT2D eigenvalue weighted by molar-refractivity contribution is 9.28. The molecule has 1 aliphatic rings. The number of halogens is 5. The minimum Gasteiger partial charge on any atom is -0.457 e. The van der Waals surface area contributed by atoms with Crippen LogP contribution in [0.15, 0.2) is 18.7 Å². The molecule has 0 amide bonds. The van der Waals surface area contributed by atoms with Gasteiger partial charge in [-0.15, -0.1) is 6.42 Å². The fourth-order valence-corrected chi connectivity index (χ4v) is 3.47. The van der Waals surface area contributed by atoms with E-state index in [-0.39, 0.29) is 10.5 Å². The van der Waals surface area contributed by atoms with E-state index in [1.165, 1.54) is 0 Å². The van der Waals surface area contributed by atoms with Gasteiger partial charge in [-0.1, -0.05) is 25.8 Å². The smallest absolute Gasteiger partial charge is 0.435 e. The first-order valence-corrected chi connectivity index (χ1v) is 8.92. The largest absolute Gasteiger partial charge is 0.457 e. The molecule has 1 aliphatic carbocycles. The van der Waals surface area contributed by atoms with Crippen molar-refractivity contribution in [1.29, 1.82) is 0 Å². The van der Waals surface area contributed by atoms with E-state index in [9.17, 15) is 22.8 Å². The van der Waals surface area contributed by atoms with Crippen molar-refractivity contribution in [2.75, 3.05) is 0 Å². The highest BCUT2D eigenvalue weighted by Crippen LogP contribution is 2.60. The molecule has 1 aromatic heterocycles. The van der Waals surface area contributed by atoms with Gasteiger partial charge < -0.3 is 9.15 Å². The molecule has 2 atom stereocenters. The topological polar surface area (TPSA) is 61.4 Å². The molecule has 0 unspecified atom stereocenters. The van der Waals surface area contributed by atoms with Crippen LogP contribution in [0.1, 0.15) is 25.3 Å². The third-order valence-electron chi connectivity index (χ3n) is 4.30. The van der Waals surface area contributed by atoms with Gasteiger partial charge in [-0.25, -0.2) is 4.79 Å². The van der Waals surface area contributed by atoms with Crippen LogP contribution in [0, 0.1) is 29.6 Å². The van der Waals surface area contributed by atoms with Gasteiger partial charge in [0.2, 0.25) is 0 Å². The maximum atomic E-state index is 13.2. The standard InChI is InChI=1S/C16H14Br2F3NO4/c1-4-5-22-12(16(19,20)21)9(26-14(22)24)7-25-13(23)11-8(6-10(17)18)15(11,2)3/h1,6,8,11H,5,7H2,2-3H3/t8-,11-/m0/s1. The number of rotatable bonds is 5. The lowest BCUT2D eigenvalue weighted by atomic mass is 10.1. The molecule has 0 aliphatic heterocycles. The molecule has 0 spiro atoms. The number of alkyl halides is 3. The molecular weight excluding hydrogens is 487 g/mol. The van der Waals surface area contributed by atoms with Crippen molar-refractivity contribution in [2.24, 2.45) is 17.3 Å². The molecule has 0 N–H and O–H groups in total. The van der Waals surface area contributed by atoms with Crippen molar-refractivity contribution >= 4 is 37.8 Å². The molecule has 1 heterocycles. The number of allylic oxidation sites excluding steroid dienone is 1. The van der Waals surface area contributed by atoms with Crippen LogP contribution in [0.3, 0.4) is 0 Å². The molecule has 1 saturated carbocycles. The van der Waals surface area contributed by atoms with Gasteiger partial charge in [-0.2, -0.15) is 13.2 Å². The van der Waals surface area contributed by atoms with Gasteiger partial charge in [0.05, 0.1) is 15.9 Å². The van der Waals surface area contributed by atoms with E-state index in [0.29, 0.717) is 3.39 Å². The second-order valence-corrected chi connectivity index (χ2v) is 9.09. The number of terminal acetylenes is 1. The summed E-state index contributed by atoms with van der Waals surface area (Å²) in [6.45, 7) is 2.27. The zero-order valence-corrected chi connectivity index (χ0v) is 16.9. The van der Waals surface area contributed by atoms with Crippen molar-refractivity contribution in [2.45, 2.75) is 33.2 Å². The molecule has 0 bridgehead atoms. The summed E-state index contributed by atoms with van der Waals surface area (Å²) in [6, 6.07) is 0. The Morgan fingerprint density at radius 3 is 2.58 bits per heavy atom. The number of nitrogens with zero attached hydrogens (tertiary/aromatic N) is 1. The Bertz CT molecular complexity index is 841. The number of carbonyl (C=O) groups excluding carboxylic acids is 1. The number of esters is 1. The van der Waals surface area contributed by atoms with Crippen LogP contribution in [0.2, 0.25) is 0 Å². The van der Waals surface area contributed by atoms with E-state index < -0.39 is 53.8 Å². The van der Waals surface area contributed by atoms with Crippen molar-refractivity contribution in [3.05, 3.63) is 31.5 Å². The minimum absolute atomic E-state index is 0.135. The lowest BCUT2D eigenvalue weighted by Crippen LogP contribution is -2.22. The molecule has 2 rings (SSSR count). The molecule has 1 aromatic rings. The fraction of sp³-hybridized carbons (Fsp3) is 0.500. The van der Waals surface area contributed by atoms with Gasteiger partial charge in [0, 0.05) is 0 Å². The summed E-state index contributed by atoms with van der Waals surface area (Å²) in [5.41, 5.74) is -1.74. The zero-order chi connectivity index (χ0) is 19.9. The third-order valence-corrected chi connectivity index (χ3v) is 4.83. The molecule has 0 saturated heterocycles. The molecule has 0 aromatic carbocycles. The summed E-state index contributed by atoms with van der Waals surface area (Å²) in [4.78, 5) is 23.8. The summed E-state index contributed by atoms with van der Waals surface area (Å²) in [7, 11) is 0. The Labute approximate surface area is 163 Å². The number of carbonyl (C=O) groups is 1. The van der Waals surface area contributed by atoms with Crippen LogP contribution in [0.4, 0.5) is 13.2 Å². The number of hydrogen-bond donors (Lipinski definition) is 0. The van der Waals surface area contributed by atoms with Crippen molar-refractivity contribution in [1.82, 2.24) is 4.57 Å². The lowest BCUT2D eigenvalue weighted by Gasteiger charge is -2.10. The van der Waals surface area contributed by atoms with E-state index in [2.05, 4.69) is 36.3 Å². The maximum absolute atomic E-state index is 13.2. The Morgan fingerprint density at radius 2 is 2.08 bits per heavy atom. The number of hydrogen-bond acceptors (Lipinski definition) is 4. The second kappa shape index (κ2) is 7.27. The molecule has 5 nitrogen and oxygen atoms in total. The summed E-state index contributed by atoms with van der Waals surface area (Å²) in [6.07, 6.45) is 1.88. The predicted molar refractivity (Wildman–Crippen MR) is 93.3 cm³/mol. The number of oxazole rings is 1. The SMILES string of the molecule is C#CCn1c(C(F)(F)F)c(COC(=O)[C@@H]2[C@H](C=C(Br)Br)C2(C)C)oc1=O. The Hall–Kier alpha value is -1.47. The third kappa shape index (κ3) is 4.09. The van der Waals surface area contributed by atoms with Gasteiger partial charge in [-0.3, -0.25) is 9.36 Å². The van der Waals surface area contributed by atoms with Gasteiger partial charge in [0.1, 0.15) is 0 Å². The van der Waals surface area contributed by atoms with Gasteiger partial charge >= 0.3 is 17.9 Å². The van der Waals surface area contributed by atoms with Crippen LogP contribution in [0.25, 0.3) is 0 Å². The molecule has 142 valence electrons. The van der Waals surface area contributed by atoms with Crippen LogP contribution in [0.5, 0.6) is 0 Å². The first-order chi connectivity index (χ1) is 11.9. The summed E-state index contributed by atoms with van der Waals surface area (Å²) >= 11 is 6.42. The van der Waals surface area contributed by atoms with Crippen LogP contribution >= 0.6 is 31.9 Å². The fourth-order valence-electron chi connectivity index (χ4n) is 2.90. The molecule has 10 heteroatoms. The zero-order valence-electron chi connectivity index (χ0n) is 13.7. The highest BCUT2D eigenvalue weighted by Gasteiger charge is 2.61. The van der Waals surface area contributed by atoms with Crippen LogP contribution in [-0.4, -0.2) is 10.5 Å². The van der Waals surface area contributed by atoms with E-state index in [1.807, 2.05) is 19.8 Å². The Morgan fingerprint density at radius 1 is 1.46 bits per heavy atom. The normalized spacial score (nSPS) is 21.0. The Balaban J connectivity index is 2.20. The van der Waals surface area contributed by atoms with Crippen molar-refractivity contribution in [3.8, 4) is 12.3 Å². The molecule has 0 radical (unpaired) electrons.